The molecular weight excluding hydrogens is 604 g/mol. The van der Waals surface area contributed by atoms with Crippen molar-refractivity contribution >= 4 is 11.8 Å². The molecule has 12 atom stereocenters. The molecule has 3 N–H and O–H groups in total. The minimum absolute atomic E-state index is 0.252. The fourth-order valence-electron chi connectivity index (χ4n) is 9.55. The number of aliphatic hydroxyl groups excluding tert-OH is 2. The molecule has 5 unspecified atom stereocenters. The molecule has 0 aromatic rings. The first-order valence-electron chi connectivity index (χ1n) is 17.5. The first-order valence-corrected chi connectivity index (χ1v) is 17.5. The molecule has 0 aromatic heterocycles. The lowest BCUT2D eigenvalue weighted by Crippen LogP contribution is -2.76. The monoisotopic (exact) mass is 656 g/mol. The Hall–Kier alpha value is -2.18. The van der Waals surface area contributed by atoms with Crippen molar-refractivity contribution in [2.45, 2.75) is 145 Å². The van der Waals surface area contributed by atoms with Crippen molar-refractivity contribution in [3.8, 4) is 0 Å². The lowest BCUT2D eigenvalue weighted by atomic mass is 9.53. The topological polar surface area (TPSA) is 144 Å². The maximum absolute atomic E-state index is 13.7. The molecule has 6 aliphatic rings. The predicted molar refractivity (Wildman–Crippen MR) is 172 cm³/mol. The standard InChI is InChI=1S/C37H52O10/c1-7-8-9-10-11-12-13-14-15-16-17-18-19-34-45-31-27-30-33(21-38,44-30)32(41)35(42)26(20-23(4)28(35)40)37(27,47-34)24(5)29(43-25(6)39)36(31,46-34)22(2)3/h16-20,24,26-27,29-32,38,41-42H,2,7-15,21H2,1,3-6H3/b17-16+,19-18+/t24-,26?,27?,29-,30+,31?,32-,33+,34?,35-,36+,37?/m1/s1. The van der Waals surface area contributed by atoms with Crippen molar-refractivity contribution in [2.24, 2.45) is 17.8 Å². The van der Waals surface area contributed by atoms with Crippen molar-refractivity contribution in [1.29, 1.82) is 0 Å². The van der Waals surface area contributed by atoms with Crippen molar-refractivity contribution in [1.82, 2.24) is 0 Å². The van der Waals surface area contributed by atoms with Crippen LogP contribution in [0.2, 0.25) is 0 Å². The van der Waals surface area contributed by atoms with E-state index >= 15 is 0 Å². The number of ketones is 1. The smallest absolute Gasteiger partial charge is 0.307 e. The third-order valence-corrected chi connectivity index (χ3v) is 11.8. The fourth-order valence-corrected chi connectivity index (χ4v) is 9.55. The zero-order valence-corrected chi connectivity index (χ0v) is 28.4. The van der Waals surface area contributed by atoms with Crippen molar-refractivity contribution in [3.05, 3.63) is 48.1 Å². The van der Waals surface area contributed by atoms with Gasteiger partial charge in [-0.1, -0.05) is 89.7 Å². The van der Waals surface area contributed by atoms with Gasteiger partial charge in [-0.25, -0.2) is 0 Å². The molecular formula is C37H52O10. The molecule has 3 aliphatic heterocycles. The van der Waals surface area contributed by atoms with Crippen molar-refractivity contribution in [3.63, 3.8) is 0 Å². The molecule has 2 saturated carbocycles. The molecule has 10 heteroatoms. The summed E-state index contributed by atoms with van der Waals surface area (Å²) < 4.78 is 32.6. The summed E-state index contributed by atoms with van der Waals surface area (Å²) >= 11 is 0. The van der Waals surface area contributed by atoms with Gasteiger partial charge >= 0.3 is 11.9 Å². The Morgan fingerprint density at radius 1 is 1.04 bits per heavy atom. The van der Waals surface area contributed by atoms with Crippen LogP contribution in [-0.2, 0) is 33.3 Å². The van der Waals surface area contributed by atoms with E-state index in [1.807, 2.05) is 13.0 Å². The van der Waals surface area contributed by atoms with Crippen LogP contribution < -0.4 is 0 Å². The van der Waals surface area contributed by atoms with E-state index < -0.39 is 88.9 Å². The van der Waals surface area contributed by atoms with Crippen LogP contribution in [0, 0.1) is 17.8 Å². The summed E-state index contributed by atoms with van der Waals surface area (Å²) in [6, 6.07) is 0. The number of hydrogen-bond donors (Lipinski definition) is 3. The summed E-state index contributed by atoms with van der Waals surface area (Å²) in [5.74, 6) is -5.58. The van der Waals surface area contributed by atoms with Crippen LogP contribution in [0.3, 0.4) is 0 Å². The number of unbranched alkanes of at least 4 members (excludes halogenated alkanes) is 8. The van der Waals surface area contributed by atoms with Gasteiger partial charge in [0.25, 0.3) is 0 Å². The zero-order valence-electron chi connectivity index (χ0n) is 28.4. The van der Waals surface area contributed by atoms with E-state index in [-0.39, 0.29) is 5.57 Å². The van der Waals surface area contributed by atoms with Crippen LogP contribution in [0.1, 0.15) is 92.4 Å². The summed E-state index contributed by atoms with van der Waals surface area (Å²) in [5.41, 5.74) is -6.13. The second-order valence-electron chi connectivity index (χ2n) is 14.7. The summed E-state index contributed by atoms with van der Waals surface area (Å²) in [5, 5.41) is 34.6. The van der Waals surface area contributed by atoms with E-state index in [2.05, 4.69) is 19.6 Å². The van der Waals surface area contributed by atoms with E-state index in [1.165, 1.54) is 51.9 Å². The van der Waals surface area contributed by atoms with E-state index in [9.17, 15) is 24.9 Å². The Morgan fingerprint density at radius 2 is 1.72 bits per heavy atom. The molecule has 6 rings (SSSR count). The summed E-state index contributed by atoms with van der Waals surface area (Å²) in [6.45, 7) is 12.3. The number of hydrogen-bond acceptors (Lipinski definition) is 10. The summed E-state index contributed by atoms with van der Waals surface area (Å²) in [7, 11) is 0. The van der Waals surface area contributed by atoms with Gasteiger partial charge in [-0.05, 0) is 37.8 Å². The highest BCUT2D eigenvalue weighted by Crippen LogP contribution is 2.73. The molecule has 47 heavy (non-hydrogen) atoms. The Bertz CT molecular complexity index is 1370. The largest absolute Gasteiger partial charge is 0.459 e. The molecule has 0 spiro atoms. The second-order valence-corrected chi connectivity index (χ2v) is 14.7. The number of allylic oxidation sites excluding steroid dienone is 3. The maximum Gasteiger partial charge on any atom is 0.307 e. The highest BCUT2D eigenvalue weighted by Gasteiger charge is 2.90. The molecule has 0 aromatic carbocycles. The quantitative estimate of drug-likeness (QED) is 0.0811. The number of epoxide rings is 1. The average Bonchev–Trinajstić information content (AvgIpc) is 3.66. The highest BCUT2D eigenvalue weighted by atomic mass is 16.9. The first kappa shape index (κ1) is 34.7. The molecule has 260 valence electrons. The fraction of sp³-hybridized carbons (Fsp3) is 0.730. The van der Waals surface area contributed by atoms with Crippen LogP contribution in [0.4, 0.5) is 0 Å². The average molecular weight is 657 g/mol. The molecule has 3 bridgehead atoms. The molecule has 3 heterocycles. The van der Waals surface area contributed by atoms with Crippen LogP contribution in [0.15, 0.2) is 48.1 Å². The Labute approximate surface area is 277 Å². The molecule has 10 nitrogen and oxygen atoms in total. The van der Waals surface area contributed by atoms with Crippen LogP contribution >= 0.6 is 0 Å². The normalized spacial score (nSPS) is 45.9. The molecule has 0 amide bonds. The maximum atomic E-state index is 13.7. The van der Waals surface area contributed by atoms with E-state index in [0.717, 1.165) is 12.8 Å². The van der Waals surface area contributed by atoms with Crippen LogP contribution in [0.5, 0.6) is 0 Å². The second kappa shape index (κ2) is 12.3. The molecule has 5 fully saturated rings. The minimum Gasteiger partial charge on any atom is -0.459 e. The first-order chi connectivity index (χ1) is 22.3. The van der Waals surface area contributed by atoms with Crippen LogP contribution in [-0.4, -0.2) is 86.5 Å². The van der Waals surface area contributed by atoms with Gasteiger partial charge in [0.05, 0.1) is 12.2 Å². The number of rotatable bonds is 14. The third-order valence-electron chi connectivity index (χ3n) is 11.8. The minimum atomic E-state index is -2.38. The van der Waals surface area contributed by atoms with E-state index in [4.69, 9.17) is 23.7 Å². The number of carbonyl (C=O) groups excluding carboxylic acids is 2. The van der Waals surface area contributed by atoms with E-state index in [0.29, 0.717) is 5.57 Å². The molecule has 0 radical (unpaired) electrons. The predicted octanol–water partition coefficient (Wildman–Crippen LogP) is 4.36. The number of Topliss-reactive ketones (excluding diaryl/α,β-unsaturated/α-hetero) is 1. The molecule has 3 saturated heterocycles. The van der Waals surface area contributed by atoms with Crippen molar-refractivity contribution in [2.75, 3.05) is 6.61 Å². The SMILES string of the molecule is C=C(C)[C@@]12OC3(/C=C/C=C/CCCCCCCCCC)OC1C1[C@@H]4O[C@]4(CO)[C@@H](O)[C@]4(O)C(=O)C(C)=CC4C1(O3)[C@H](C)[C@H]2OC(C)=O. The Balaban J connectivity index is 1.35. The lowest BCUT2D eigenvalue weighted by Gasteiger charge is -2.61. The van der Waals surface area contributed by atoms with Gasteiger partial charge in [0.1, 0.15) is 30.0 Å². The number of esters is 1. The molecule has 3 aliphatic carbocycles. The zero-order chi connectivity index (χ0) is 34.0. The number of aliphatic hydroxyl groups is 3. The lowest BCUT2D eigenvalue weighted by molar-refractivity contribution is -0.407. The number of ether oxygens (including phenoxy) is 5. The Morgan fingerprint density at radius 3 is 2.36 bits per heavy atom. The summed E-state index contributed by atoms with van der Waals surface area (Å²) in [4.78, 5) is 26.4. The Kier molecular flexibility index (Phi) is 9.07. The van der Waals surface area contributed by atoms with Gasteiger partial charge in [-0.2, -0.15) is 0 Å². The highest BCUT2D eigenvalue weighted by molar-refractivity contribution is 6.05. The van der Waals surface area contributed by atoms with Gasteiger partial charge < -0.3 is 39.0 Å². The van der Waals surface area contributed by atoms with Gasteiger partial charge in [0.2, 0.25) is 0 Å². The van der Waals surface area contributed by atoms with Gasteiger partial charge in [-0.15, -0.1) is 0 Å². The van der Waals surface area contributed by atoms with Crippen LogP contribution in [0.25, 0.3) is 0 Å². The number of carbonyl (C=O) groups is 2. The third kappa shape index (κ3) is 4.84. The van der Waals surface area contributed by atoms with Gasteiger partial charge in [0.15, 0.2) is 17.0 Å². The van der Waals surface area contributed by atoms with Gasteiger partial charge in [0, 0.05) is 30.8 Å². The van der Waals surface area contributed by atoms with Gasteiger partial charge in [-0.3, -0.25) is 9.59 Å². The number of fused-ring (bicyclic) bond motifs is 3. The van der Waals surface area contributed by atoms with E-state index in [1.54, 1.807) is 32.1 Å². The van der Waals surface area contributed by atoms with Crippen molar-refractivity contribution < 1.29 is 48.6 Å². The summed E-state index contributed by atoms with van der Waals surface area (Å²) in [6.07, 6.45) is 15.5.